The maximum absolute atomic E-state index is 13.3. The number of aromatic nitrogens is 6. The molecule has 10 atom stereocenters. The first-order valence-corrected chi connectivity index (χ1v) is 20.1. The van der Waals surface area contributed by atoms with Gasteiger partial charge in [-0.1, -0.05) is 0 Å². The van der Waals surface area contributed by atoms with E-state index in [1.54, 1.807) is 11.8 Å². The minimum atomic E-state index is -5.13. The van der Waals surface area contributed by atoms with Crippen molar-refractivity contribution in [3.8, 4) is 0 Å². The number of nitrogens with two attached hydrogens (primary N) is 3. The second kappa shape index (κ2) is 16.3. The van der Waals surface area contributed by atoms with E-state index in [1.807, 2.05) is 0 Å². The summed E-state index contributed by atoms with van der Waals surface area (Å²) >= 11 is 1.70. The number of hydrogen-bond donors (Lipinski definition) is 8. The molecule has 3 fully saturated rings. The van der Waals surface area contributed by atoms with Gasteiger partial charge in [-0.2, -0.15) is 4.98 Å². The number of nitrogens with zero attached hydrogens (tertiary/aromatic N) is 6. The molecule has 24 nitrogen and oxygen atoms in total. The summed E-state index contributed by atoms with van der Waals surface area (Å²) in [4.78, 5) is 70.6. The lowest BCUT2D eigenvalue weighted by Crippen LogP contribution is -2.43. The molecule has 0 radical (unpaired) electrons. The first-order chi connectivity index (χ1) is 25.1. The molecule has 1 unspecified atom stereocenters. The van der Waals surface area contributed by atoms with E-state index in [-0.39, 0.29) is 40.9 Å². The minimum Gasteiger partial charge on any atom is -0.455 e. The molecule has 0 spiro atoms. The van der Waals surface area contributed by atoms with E-state index >= 15 is 0 Å². The van der Waals surface area contributed by atoms with Crippen LogP contribution in [0.25, 0.3) is 11.2 Å². The smallest absolute Gasteiger partial charge is 0.455 e. The molecule has 3 aliphatic heterocycles. The Labute approximate surface area is 303 Å². The van der Waals surface area contributed by atoms with Crippen LogP contribution in [0.15, 0.2) is 29.7 Å². The number of aliphatic hydroxyl groups is 1. The number of hydrogen-bond acceptors (Lipinski definition) is 20. The Morgan fingerprint density at radius 2 is 1.89 bits per heavy atom. The summed E-state index contributed by atoms with van der Waals surface area (Å²) < 4.78 is 59.5. The van der Waals surface area contributed by atoms with E-state index in [1.165, 1.54) is 29.5 Å². The highest BCUT2D eigenvalue weighted by Crippen LogP contribution is 2.50. The average molecular weight is 809 g/mol. The van der Waals surface area contributed by atoms with Gasteiger partial charge in [-0.15, -0.1) is 11.8 Å². The van der Waals surface area contributed by atoms with Crippen LogP contribution in [0.5, 0.6) is 0 Å². The third-order valence-corrected chi connectivity index (χ3v) is 11.3. The maximum Gasteiger partial charge on any atom is 0.472 e. The number of phosphoric acid groups is 2. The number of imidazole rings is 1. The van der Waals surface area contributed by atoms with Gasteiger partial charge in [0.15, 0.2) is 23.8 Å². The monoisotopic (exact) mass is 808 g/mol. The average Bonchev–Trinajstić information content (AvgIpc) is 3.89. The van der Waals surface area contributed by atoms with Gasteiger partial charge >= 0.3 is 27.3 Å². The van der Waals surface area contributed by atoms with Gasteiger partial charge in [0.2, 0.25) is 0 Å². The minimum absolute atomic E-state index is 0.0456. The fraction of sp³-hybridized carbons (Fsp3) is 0.615. The number of fused-ring (bicyclic) bond motifs is 1. The number of carbonyl (C=O) groups is 1. The van der Waals surface area contributed by atoms with Gasteiger partial charge in [-0.3, -0.25) is 27.5 Å². The fourth-order valence-electron chi connectivity index (χ4n) is 5.95. The number of aliphatic hydroxyl groups excluding tert-OH is 1. The number of anilines is 2. The maximum atomic E-state index is 13.3. The van der Waals surface area contributed by atoms with E-state index in [0.717, 1.165) is 17.0 Å². The van der Waals surface area contributed by atoms with E-state index < -0.39 is 89.5 Å². The Bertz CT molecular complexity index is 1930. The standard InChI is InChI=1S/C26H38N10O14P2S/c27-13(2-1-12-6-30-11-53-12)25(38)49-21-16(48-24(20(21)37)36-10-33-19-22(29)31-9-32-23(19)36)8-46-52(43,44)50-14-5-18(35-4-3-17(28)34-26(35)39)47-15(14)7-45-51(40,41)42/h3-4,9-10,12-16,18,20-21,24,30,37H,1-2,5-8,11,27H2,(H,43,44)(H2,28,34,39)(H2,29,31,32)(H2,40,41,42)/t12-,13+,14-,15+,16-,18+,20+,21+,24+/m0/s1. The number of carbonyl (C=O) groups excluding carboxylic acids is 1. The summed E-state index contributed by atoms with van der Waals surface area (Å²) in [5.41, 5.74) is 17.1. The molecule has 53 heavy (non-hydrogen) atoms. The van der Waals surface area contributed by atoms with Crippen LogP contribution in [-0.2, 0) is 41.7 Å². The number of phosphoric ester groups is 2. The lowest BCUT2D eigenvalue weighted by molar-refractivity contribution is -0.158. The molecule has 6 heterocycles. The van der Waals surface area contributed by atoms with Crippen molar-refractivity contribution in [2.24, 2.45) is 5.73 Å². The number of nitrogen functional groups attached to an aromatic ring is 2. The molecule has 6 rings (SSSR count). The van der Waals surface area contributed by atoms with Gasteiger partial charge < -0.3 is 56.5 Å². The van der Waals surface area contributed by atoms with Gasteiger partial charge in [0.25, 0.3) is 0 Å². The Hall–Kier alpha value is -3.13. The van der Waals surface area contributed by atoms with Crippen LogP contribution in [0.1, 0.15) is 31.7 Å². The van der Waals surface area contributed by atoms with Crippen LogP contribution in [0, 0.1) is 0 Å². The topological polar surface area (TPSA) is 356 Å². The second-order valence-electron chi connectivity index (χ2n) is 12.2. The first-order valence-electron chi connectivity index (χ1n) is 16.0. The van der Waals surface area contributed by atoms with Gasteiger partial charge in [0, 0.05) is 30.3 Å². The van der Waals surface area contributed by atoms with Crippen molar-refractivity contribution in [3.05, 3.63) is 35.4 Å². The largest absolute Gasteiger partial charge is 0.472 e. The number of rotatable bonds is 15. The molecule has 0 saturated carbocycles. The molecule has 0 bridgehead atoms. The zero-order chi connectivity index (χ0) is 38.1. The first kappa shape index (κ1) is 39.6. The van der Waals surface area contributed by atoms with Crippen LogP contribution in [0.4, 0.5) is 11.6 Å². The van der Waals surface area contributed by atoms with Crippen LogP contribution in [0.3, 0.4) is 0 Å². The normalized spacial score (nSPS) is 29.4. The van der Waals surface area contributed by atoms with Crippen LogP contribution < -0.4 is 28.2 Å². The molecule has 3 saturated heterocycles. The van der Waals surface area contributed by atoms with Crippen LogP contribution in [0.2, 0.25) is 0 Å². The highest BCUT2D eigenvalue weighted by Gasteiger charge is 2.50. The Balaban J connectivity index is 1.17. The number of thioether (sulfide) groups is 1. The Morgan fingerprint density at radius 3 is 2.60 bits per heavy atom. The fourth-order valence-corrected chi connectivity index (χ4v) is 8.26. The predicted octanol–water partition coefficient (Wildman–Crippen LogP) is -1.91. The van der Waals surface area contributed by atoms with Crippen molar-refractivity contribution in [2.75, 3.05) is 37.1 Å². The zero-order valence-corrected chi connectivity index (χ0v) is 30.1. The molecule has 3 aliphatic rings. The molecule has 3 aromatic heterocycles. The summed E-state index contributed by atoms with van der Waals surface area (Å²) in [6.45, 7) is -0.852. The van der Waals surface area contributed by atoms with E-state index in [2.05, 4.69) is 29.8 Å². The van der Waals surface area contributed by atoms with Gasteiger partial charge in [0.1, 0.15) is 54.3 Å². The highest BCUT2D eigenvalue weighted by atomic mass is 32.2. The Morgan fingerprint density at radius 1 is 1.11 bits per heavy atom. The highest BCUT2D eigenvalue weighted by molar-refractivity contribution is 8.00. The number of esters is 1. The van der Waals surface area contributed by atoms with Gasteiger partial charge in [-0.05, 0) is 18.9 Å². The lowest BCUT2D eigenvalue weighted by Gasteiger charge is -2.24. The van der Waals surface area contributed by atoms with Crippen molar-refractivity contribution < 1.29 is 61.5 Å². The van der Waals surface area contributed by atoms with E-state index in [4.69, 9.17) is 40.5 Å². The SMILES string of the molecule is Nc1ccn([C@H]2C[C@H](OP(=O)(O)OC[C@@H]3O[C@@H](n4cnc5c(N)ncnc54)[C@H](O)[C@@H]3OC(=O)[C@H](N)CC[C@H]3CNCS3)[C@@H](COP(=O)(O)O)O2)c(=O)n1. The number of nitrogens with one attached hydrogen (secondary N) is 1. The zero-order valence-electron chi connectivity index (χ0n) is 27.5. The third-order valence-electron chi connectivity index (χ3n) is 8.54. The van der Waals surface area contributed by atoms with Crippen LogP contribution >= 0.6 is 27.4 Å². The molecule has 292 valence electrons. The van der Waals surface area contributed by atoms with Gasteiger partial charge in [0.05, 0.1) is 19.5 Å². The second-order valence-corrected chi connectivity index (χ2v) is 16.1. The van der Waals surface area contributed by atoms with Crippen molar-refractivity contribution in [3.63, 3.8) is 0 Å². The number of ether oxygens (including phenoxy) is 3. The molecule has 0 aliphatic carbocycles. The van der Waals surface area contributed by atoms with Crippen molar-refractivity contribution in [2.45, 2.75) is 73.5 Å². The summed E-state index contributed by atoms with van der Waals surface area (Å²) in [6.07, 6.45) is -5.55. The molecule has 0 aromatic carbocycles. The quantitative estimate of drug-likeness (QED) is 0.0613. The van der Waals surface area contributed by atoms with Crippen LogP contribution in [-0.4, -0.2) is 122 Å². The summed E-state index contributed by atoms with van der Waals surface area (Å²) in [5, 5.41) is 14.9. The summed E-state index contributed by atoms with van der Waals surface area (Å²) in [5.74, 6) is -0.116. The third kappa shape index (κ3) is 9.58. The Kier molecular flexibility index (Phi) is 12.2. The molecule has 11 N–H and O–H groups in total. The van der Waals surface area contributed by atoms with E-state index in [9.17, 15) is 38.5 Å². The molecular formula is C26H38N10O14P2S. The summed E-state index contributed by atoms with van der Waals surface area (Å²) in [6, 6.07) is 0.226. The van der Waals surface area contributed by atoms with Crippen molar-refractivity contribution >= 4 is 56.2 Å². The predicted molar refractivity (Wildman–Crippen MR) is 181 cm³/mol. The van der Waals surface area contributed by atoms with Crippen molar-refractivity contribution in [1.82, 2.24) is 34.4 Å². The molecular weight excluding hydrogens is 770 g/mol. The van der Waals surface area contributed by atoms with Gasteiger partial charge in [-0.25, -0.2) is 28.9 Å². The molecule has 27 heteroatoms. The van der Waals surface area contributed by atoms with Crippen molar-refractivity contribution in [1.29, 1.82) is 0 Å². The molecule has 0 amide bonds. The lowest BCUT2D eigenvalue weighted by atomic mass is 10.1. The molecule has 3 aromatic rings. The van der Waals surface area contributed by atoms with E-state index in [0.29, 0.717) is 6.42 Å². The summed E-state index contributed by atoms with van der Waals surface area (Å²) in [7, 11) is -10.2.